The lowest BCUT2D eigenvalue weighted by Gasteiger charge is -2.07. The Morgan fingerprint density at radius 2 is 2.00 bits per heavy atom. The number of fused-ring (bicyclic) bond motifs is 1. The average molecular weight is 296 g/mol. The highest BCUT2D eigenvalue weighted by Crippen LogP contribution is 2.23. The first-order valence-electron chi connectivity index (χ1n) is 5.54. The van der Waals surface area contributed by atoms with Gasteiger partial charge in [0.1, 0.15) is 22.9 Å². The highest BCUT2D eigenvalue weighted by molar-refractivity contribution is 6.34. The Bertz CT molecular complexity index is 755. The maximum absolute atomic E-state index is 13.0. The molecule has 3 aromatic rings. The van der Waals surface area contributed by atoms with E-state index in [4.69, 9.17) is 23.2 Å². The number of rotatable bonds is 2. The molecule has 0 amide bonds. The summed E-state index contributed by atoms with van der Waals surface area (Å²) in [6.07, 6.45) is 3.26. The molecule has 2 heterocycles. The number of hydrogen-bond acceptors (Lipinski definition) is 2. The van der Waals surface area contributed by atoms with E-state index in [1.807, 2.05) is 16.8 Å². The number of hydrogen-bond donors (Lipinski definition) is 0. The van der Waals surface area contributed by atoms with E-state index >= 15 is 0 Å². The predicted molar refractivity (Wildman–Crippen MR) is 73.1 cm³/mol. The molecule has 0 aliphatic carbocycles. The fraction of sp³-hybridized carbons (Fsp3) is 0.0769. The molecular formula is C13H8Cl2FN3. The molecule has 1 aromatic carbocycles. The van der Waals surface area contributed by atoms with E-state index < -0.39 is 0 Å². The smallest absolute Gasteiger partial charge is 0.145 e. The van der Waals surface area contributed by atoms with Crippen LogP contribution in [0.5, 0.6) is 0 Å². The molecule has 0 aliphatic heterocycles. The molecule has 2 aromatic heterocycles. The fourth-order valence-corrected chi connectivity index (χ4v) is 2.35. The van der Waals surface area contributed by atoms with Gasteiger partial charge in [0.15, 0.2) is 0 Å². The van der Waals surface area contributed by atoms with Gasteiger partial charge in [0.2, 0.25) is 0 Å². The molecule has 0 radical (unpaired) electrons. The van der Waals surface area contributed by atoms with Gasteiger partial charge in [0.05, 0.1) is 11.9 Å². The predicted octanol–water partition coefficient (Wildman–Crippen LogP) is 3.93. The van der Waals surface area contributed by atoms with Crippen molar-refractivity contribution in [1.82, 2.24) is 14.5 Å². The molecule has 0 fully saturated rings. The molecule has 3 nitrogen and oxygen atoms in total. The third-order valence-electron chi connectivity index (χ3n) is 2.86. The molecule has 96 valence electrons. The van der Waals surface area contributed by atoms with Crippen molar-refractivity contribution in [3.8, 4) is 0 Å². The zero-order valence-corrected chi connectivity index (χ0v) is 11.2. The second kappa shape index (κ2) is 4.79. The Hall–Kier alpha value is -1.65. The quantitative estimate of drug-likeness (QED) is 0.671. The minimum atomic E-state index is -0.350. The van der Waals surface area contributed by atoms with Gasteiger partial charge in [-0.25, -0.2) is 14.4 Å². The summed E-state index contributed by atoms with van der Waals surface area (Å²) in [5, 5.41) is 1.58. The normalized spacial score (nSPS) is 11.1. The van der Waals surface area contributed by atoms with Crippen LogP contribution in [0, 0.1) is 5.82 Å². The number of aromatic nitrogens is 3. The van der Waals surface area contributed by atoms with Crippen molar-refractivity contribution >= 4 is 34.2 Å². The molecule has 0 saturated heterocycles. The van der Waals surface area contributed by atoms with Crippen LogP contribution in [0.4, 0.5) is 4.39 Å². The summed E-state index contributed by atoms with van der Waals surface area (Å²) in [5.41, 5.74) is 1.54. The van der Waals surface area contributed by atoms with Crippen molar-refractivity contribution in [2.24, 2.45) is 0 Å². The first kappa shape index (κ1) is 12.4. The summed E-state index contributed by atoms with van der Waals surface area (Å²) in [7, 11) is 0. The molecule has 0 spiro atoms. The Morgan fingerprint density at radius 1 is 1.16 bits per heavy atom. The van der Waals surface area contributed by atoms with Gasteiger partial charge in [0, 0.05) is 11.2 Å². The highest BCUT2D eigenvalue weighted by Gasteiger charge is 2.09. The van der Waals surface area contributed by atoms with Crippen LogP contribution in [0.25, 0.3) is 11.0 Å². The average Bonchev–Trinajstić information content (AvgIpc) is 2.78. The monoisotopic (exact) mass is 295 g/mol. The first-order chi connectivity index (χ1) is 9.15. The lowest BCUT2D eigenvalue weighted by Crippen LogP contribution is -2.00. The zero-order valence-electron chi connectivity index (χ0n) is 9.65. The van der Waals surface area contributed by atoms with Gasteiger partial charge >= 0.3 is 0 Å². The van der Waals surface area contributed by atoms with Crippen LogP contribution in [-0.2, 0) is 6.54 Å². The molecule has 0 unspecified atom stereocenters. The van der Waals surface area contributed by atoms with Gasteiger partial charge in [-0.1, -0.05) is 29.3 Å². The van der Waals surface area contributed by atoms with Gasteiger partial charge in [-0.2, -0.15) is 0 Å². The molecule has 0 atom stereocenters. The summed E-state index contributed by atoms with van der Waals surface area (Å²) in [6.45, 7) is 0.496. The van der Waals surface area contributed by atoms with Crippen LogP contribution in [0.1, 0.15) is 5.56 Å². The van der Waals surface area contributed by atoms with E-state index in [0.717, 1.165) is 16.6 Å². The van der Waals surface area contributed by atoms with E-state index in [0.29, 0.717) is 16.7 Å². The third-order valence-corrected chi connectivity index (χ3v) is 3.52. The second-order valence-electron chi connectivity index (χ2n) is 4.08. The van der Waals surface area contributed by atoms with Crippen molar-refractivity contribution in [3.05, 3.63) is 58.3 Å². The van der Waals surface area contributed by atoms with Crippen LogP contribution in [0.15, 0.2) is 36.8 Å². The SMILES string of the molecule is Fc1ccc(Cn2ccc3c(Cl)ncnc32)c(Cl)c1. The van der Waals surface area contributed by atoms with E-state index in [2.05, 4.69) is 9.97 Å². The summed E-state index contributed by atoms with van der Waals surface area (Å²) in [6, 6.07) is 6.18. The van der Waals surface area contributed by atoms with Crippen molar-refractivity contribution < 1.29 is 4.39 Å². The summed E-state index contributed by atoms with van der Waals surface area (Å²) in [5.74, 6) is -0.350. The Morgan fingerprint density at radius 3 is 2.79 bits per heavy atom. The lowest BCUT2D eigenvalue weighted by molar-refractivity contribution is 0.626. The van der Waals surface area contributed by atoms with Crippen molar-refractivity contribution in [2.45, 2.75) is 6.54 Å². The molecule has 19 heavy (non-hydrogen) atoms. The summed E-state index contributed by atoms with van der Waals surface area (Å²) in [4.78, 5) is 8.12. The number of nitrogens with zero attached hydrogens (tertiary/aromatic N) is 3. The van der Waals surface area contributed by atoms with Gasteiger partial charge < -0.3 is 4.57 Å². The molecule has 6 heteroatoms. The van der Waals surface area contributed by atoms with E-state index in [1.54, 1.807) is 6.07 Å². The summed E-state index contributed by atoms with van der Waals surface area (Å²) >= 11 is 12.0. The molecule has 0 aliphatic rings. The minimum absolute atomic E-state index is 0.350. The Kier molecular flexibility index (Phi) is 3.12. The van der Waals surface area contributed by atoms with E-state index in [1.165, 1.54) is 18.5 Å². The Balaban J connectivity index is 2.04. The molecular weight excluding hydrogens is 288 g/mol. The van der Waals surface area contributed by atoms with Crippen molar-refractivity contribution in [3.63, 3.8) is 0 Å². The fourth-order valence-electron chi connectivity index (χ4n) is 1.93. The molecule has 0 N–H and O–H groups in total. The van der Waals surface area contributed by atoms with Crippen LogP contribution in [-0.4, -0.2) is 14.5 Å². The third kappa shape index (κ3) is 2.29. The maximum Gasteiger partial charge on any atom is 0.145 e. The van der Waals surface area contributed by atoms with Crippen LogP contribution in [0.2, 0.25) is 10.2 Å². The van der Waals surface area contributed by atoms with Crippen LogP contribution < -0.4 is 0 Å². The van der Waals surface area contributed by atoms with E-state index in [-0.39, 0.29) is 5.82 Å². The molecule has 0 bridgehead atoms. The van der Waals surface area contributed by atoms with Crippen molar-refractivity contribution in [1.29, 1.82) is 0 Å². The van der Waals surface area contributed by atoms with Gasteiger partial charge in [-0.3, -0.25) is 0 Å². The highest BCUT2D eigenvalue weighted by atomic mass is 35.5. The largest absolute Gasteiger partial charge is 0.328 e. The zero-order chi connectivity index (χ0) is 13.4. The minimum Gasteiger partial charge on any atom is -0.328 e. The lowest BCUT2D eigenvalue weighted by atomic mass is 10.2. The van der Waals surface area contributed by atoms with Gasteiger partial charge in [0.25, 0.3) is 0 Å². The maximum atomic E-state index is 13.0. The second-order valence-corrected chi connectivity index (χ2v) is 4.85. The van der Waals surface area contributed by atoms with Gasteiger partial charge in [-0.15, -0.1) is 0 Å². The molecule has 0 saturated carbocycles. The first-order valence-corrected chi connectivity index (χ1v) is 6.30. The van der Waals surface area contributed by atoms with Crippen molar-refractivity contribution in [2.75, 3.05) is 0 Å². The molecule has 3 rings (SSSR count). The van der Waals surface area contributed by atoms with Crippen LogP contribution in [0.3, 0.4) is 0 Å². The van der Waals surface area contributed by atoms with Crippen LogP contribution >= 0.6 is 23.2 Å². The van der Waals surface area contributed by atoms with Gasteiger partial charge in [-0.05, 0) is 23.8 Å². The summed E-state index contributed by atoms with van der Waals surface area (Å²) < 4.78 is 14.9. The number of halogens is 3. The standard InChI is InChI=1S/C13H8Cl2FN3/c14-11-5-9(16)2-1-8(11)6-19-4-3-10-12(15)17-7-18-13(10)19/h1-5,7H,6H2. The Labute approximate surface area is 118 Å². The van der Waals surface area contributed by atoms with E-state index in [9.17, 15) is 4.39 Å². The number of benzene rings is 1. The topological polar surface area (TPSA) is 30.7 Å².